The lowest BCUT2D eigenvalue weighted by Crippen LogP contribution is -2.53. The van der Waals surface area contributed by atoms with Gasteiger partial charge in [-0.3, -0.25) is 0 Å². The molecule has 0 aliphatic carbocycles. The highest BCUT2D eigenvalue weighted by Crippen LogP contribution is 2.34. The first kappa shape index (κ1) is 20.7. The van der Waals surface area contributed by atoms with E-state index in [1.54, 1.807) is 18.3 Å². The highest BCUT2D eigenvalue weighted by Gasteiger charge is 2.36. The molecule has 0 saturated carbocycles. The van der Waals surface area contributed by atoms with Gasteiger partial charge in [0, 0.05) is 18.7 Å². The number of benzene rings is 1. The second kappa shape index (κ2) is 8.98. The fourth-order valence-corrected chi connectivity index (χ4v) is 3.63. The molecule has 1 aliphatic rings. The number of hydrogen-bond donors (Lipinski definition) is 2. The van der Waals surface area contributed by atoms with Crippen LogP contribution in [0.15, 0.2) is 30.6 Å². The van der Waals surface area contributed by atoms with Crippen molar-refractivity contribution in [1.29, 1.82) is 0 Å². The smallest absolute Gasteiger partial charge is 0.328 e. The molecule has 0 bridgehead atoms. The van der Waals surface area contributed by atoms with Crippen LogP contribution in [0, 0.1) is 5.92 Å². The minimum Gasteiger partial charge on any atom is -0.497 e. The maximum absolute atomic E-state index is 13.2. The van der Waals surface area contributed by atoms with Gasteiger partial charge in [0.2, 0.25) is 0 Å². The molecule has 1 aromatic carbocycles. The molecule has 0 fully saturated rings. The zero-order chi connectivity index (χ0) is 21.0. The predicted molar refractivity (Wildman–Crippen MR) is 108 cm³/mol. The molecule has 0 unspecified atom stereocenters. The number of esters is 1. The molecule has 156 valence electrons. The van der Waals surface area contributed by atoms with Crippen LogP contribution in [0.1, 0.15) is 43.3 Å². The summed E-state index contributed by atoms with van der Waals surface area (Å²) >= 11 is 0. The lowest BCUT2D eigenvalue weighted by atomic mass is 9.95. The second-order valence-corrected chi connectivity index (χ2v) is 7.22. The molecule has 2 heterocycles. The largest absolute Gasteiger partial charge is 0.497 e. The summed E-state index contributed by atoms with van der Waals surface area (Å²) in [7, 11) is 2.95. The van der Waals surface area contributed by atoms with Gasteiger partial charge in [-0.1, -0.05) is 32.4 Å². The van der Waals surface area contributed by atoms with E-state index >= 15 is 0 Å². The van der Waals surface area contributed by atoms with E-state index in [4.69, 9.17) is 9.47 Å². The van der Waals surface area contributed by atoms with E-state index in [0.717, 1.165) is 29.1 Å². The van der Waals surface area contributed by atoms with E-state index in [1.807, 2.05) is 38.1 Å². The zero-order valence-corrected chi connectivity index (χ0v) is 17.3. The first-order chi connectivity index (χ1) is 14.0. The molecule has 2 amide bonds. The summed E-state index contributed by atoms with van der Waals surface area (Å²) in [5, 5.41) is 2.88. The first-order valence-electron chi connectivity index (χ1n) is 9.81. The van der Waals surface area contributed by atoms with Crippen molar-refractivity contribution in [1.82, 2.24) is 20.2 Å². The Bertz CT molecular complexity index is 849. The number of carbonyl (C=O) groups is 2. The van der Waals surface area contributed by atoms with Gasteiger partial charge in [-0.15, -0.1) is 0 Å². The van der Waals surface area contributed by atoms with Crippen molar-refractivity contribution < 1.29 is 19.1 Å². The van der Waals surface area contributed by atoms with Crippen molar-refractivity contribution in [3.63, 3.8) is 0 Å². The van der Waals surface area contributed by atoms with Crippen molar-refractivity contribution in [3.8, 4) is 5.75 Å². The molecule has 0 radical (unpaired) electrons. The van der Waals surface area contributed by atoms with Gasteiger partial charge in [-0.05, 0) is 23.6 Å². The van der Waals surface area contributed by atoms with Gasteiger partial charge in [0.25, 0.3) is 0 Å². The van der Waals surface area contributed by atoms with Crippen molar-refractivity contribution in [3.05, 3.63) is 47.5 Å². The fraction of sp³-hybridized carbons (Fsp3) is 0.476. The van der Waals surface area contributed by atoms with Gasteiger partial charge in [0.1, 0.15) is 17.8 Å². The Morgan fingerprint density at radius 3 is 2.66 bits per heavy atom. The second-order valence-electron chi connectivity index (χ2n) is 7.22. The highest BCUT2D eigenvalue weighted by atomic mass is 16.5. The minimum atomic E-state index is -0.699. The number of aromatic nitrogens is 2. The number of H-pyrrole nitrogens is 1. The van der Waals surface area contributed by atoms with E-state index < -0.39 is 12.0 Å². The minimum absolute atomic E-state index is 0.0448. The number of nitrogens with zero attached hydrogens (tertiary/aromatic N) is 2. The van der Waals surface area contributed by atoms with Crippen LogP contribution in [-0.2, 0) is 16.0 Å². The van der Waals surface area contributed by atoms with Crippen molar-refractivity contribution >= 4 is 12.0 Å². The van der Waals surface area contributed by atoms with E-state index in [-0.39, 0.29) is 18.0 Å². The summed E-state index contributed by atoms with van der Waals surface area (Å²) in [6, 6.07) is 6.22. The number of amides is 2. The summed E-state index contributed by atoms with van der Waals surface area (Å²) in [5.41, 5.74) is 2.75. The third-order valence-corrected chi connectivity index (χ3v) is 5.56. The number of nitrogens with one attached hydrogen (secondary N) is 2. The SMILES string of the molecule is CC[C@@H](C)[C@H](NC(=O)N1CCc2[nH]cnc2[C@H]1c1ccc(OC)cc1)C(=O)OC. The standard InChI is InChI=1S/C21H28N4O4/c1-5-13(2)17(20(26)29-4)24-21(27)25-11-10-16-18(23-12-22-16)19(25)14-6-8-15(28-3)9-7-14/h6-9,12-13,17,19H,5,10-11H2,1-4H3,(H,22,23)(H,24,27)/t13-,17+,19-/m1/s1. The molecular weight excluding hydrogens is 372 g/mol. The van der Waals surface area contributed by atoms with Gasteiger partial charge in [-0.25, -0.2) is 14.6 Å². The van der Waals surface area contributed by atoms with Gasteiger partial charge in [-0.2, -0.15) is 0 Å². The molecule has 1 aliphatic heterocycles. The molecule has 29 heavy (non-hydrogen) atoms. The number of carbonyl (C=O) groups excluding carboxylic acids is 2. The Morgan fingerprint density at radius 2 is 2.03 bits per heavy atom. The van der Waals surface area contributed by atoms with Crippen LogP contribution in [0.4, 0.5) is 4.79 Å². The van der Waals surface area contributed by atoms with E-state index in [1.165, 1.54) is 7.11 Å². The summed E-state index contributed by atoms with van der Waals surface area (Å²) in [6.07, 6.45) is 3.06. The van der Waals surface area contributed by atoms with Crippen LogP contribution >= 0.6 is 0 Å². The summed E-state index contributed by atoms with van der Waals surface area (Å²) in [4.78, 5) is 34.8. The van der Waals surface area contributed by atoms with Crippen LogP contribution in [0.25, 0.3) is 0 Å². The molecule has 1 aromatic heterocycles. The number of methoxy groups -OCH3 is 2. The Balaban J connectivity index is 1.91. The molecule has 8 nitrogen and oxygen atoms in total. The third kappa shape index (κ3) is 4.21. The molecule has 2 N–H and O–H groups in total. The van der Waals surface area contributed by atoms with Gasteiger partial charge < -0.3 is 24.7 Å². The Labute approximate surface area is 170 Å². The Hall–Kier alpha value is -3.03. The number of fused-ring (bicyclic) bond motifs is 1. The van der Waals surface area contributed by atoms with Crippen LogP contribution in [0.3, 0.4) is 0 Å². The van der Waals surface area contributed by atoms with Crippen LogP contribution in [0.5, 0.6) is 5.75 Å². The van der Waals surface area contributed by atoms with Crippen molar-refractivity contribution in [2.45, 2.75) is 38.8 Å². The number of ether oxygens (including phenoxy) is 2. The van der Waals surface area contributed by atoms with Crippen LogP contribution < -0.4 is 10.1 Å². The van der Waals surface area contributed by atoms with Gasteiger partial charge >= 0.3 is 12.0 Å². The third-order valence-electron chi connectivity index (χ3n) is 5.56. The number of aromatic amines is 1. The number of imidazole rings is 1. The lowest BCUT2D eigenvalue weighted by molar-refractivity contribution is -0.144. The zero-order valence-electron chi connectivity index (χ0n) is 17.3. The molecule has 2 aromatic rings. The van der Waals surface area contributed by atoms with Crippen LogP contribution in [-0.4, -0.2) is 53.7 Å². The number of rotatable bonds is 6. The monoisotopic (exact) mass is 400 g/mol. The highest BCUT2D eigenvalue weighted by molar-refractivity contribution is 5.84. The normalized spacial score (nSPS) is 17.8. The Kier molecular flexibility index (Phi) is 6.41. The number of hydrogen-bond acceptors (Lipinski definition) is 5. The van der Waals surface area contributed by atoms with Crippen molar-refractivity contribution in [2.24, 2.45) is 5.92 Å². The average molecular weight is 400 g/mol. The van der Waals surface area contributed by atoms with Gasteiger partial charge in [0.05, 0.1) is 26.2 Å². The van der Waals surface area contributed by atoms with Crippen molar-refractivity contribution in [2.75, 3.05) is 20.8 Å². The lowest BCUT2D eigenvalue weighted by Gasteiger charge is -2.36. The Morgan fingerprint density at radius 1 is 1.31 bits per heavy atom. The predicted octanol–water partition coefficient (Wildman–Crippen LogP) is 2.66. The van der Waals surface area contributed by atoms with Crippen LogP contribution in [0.2, 0.25) is 0 Å². The number of urea groups is 1. The quantitative estimate of drug-likeness (QED) is 0.727. The topological polar surface area (TPSA) is 96.5 Å². The molecule has 8 heteroatoms. The maximum Gasteiger partial charge on any atom is 0.328 e. The van der Waals surface area contributed by atoms with E-state index in [9.17, 15) is 9.59 Å². The fourth-order valence-electron chi connectivity index (χ4n) is 3.63. The average Bonchev–Trinajstić information content (AvgIpc) is 3.24. The molecule has 0 saturated heterocycles. The van der Waals surface area contributed by atoms with Gasteiger partial charge in [0.15, 0.2) is 0 Å². The molecular formula is C21H28N4O4. The first-order valence-corrected chi connectivity index (χ1v) is 9.81. The summed E-state index contributed by atoms with van der Waals surface area (Å²) in [5.74, 6) is 0.257. The molecule has 3 atom stereocenters. The summed E-state index contributed by atoms with van der Waals surface area (Å²) in [6.45, 7) is 4.40. The summed E-state index contributed by atoms with van der Waals surface area (Å²) < 4.78 is 10.2. The molecule has 0 spiro atoms. The van der Waals surface area contributed by atoms with E-state index in [0.29, 0.717) is 13.0 Å². The van der Waals surface area contributed by atoms with E-state index in [2.05, 4.69) is 15.3 Å². The molecule has 3 rings (SSSR count). The maximum atomic E-state index is 13.2.